The first-order valence-electron chi connectivity index (χ1n) is 8.86. The molecule has 1 N–H and O–H groups in total. The molecule has 0 saturated heterocycles. The molecular weight excluding hydrogens is 358 g/mol. The third-order valence-corrected chi connectivity index (χ3v) is 5.98. The summed E-state index contributed by atoms with van der Waals surface area (Å²) in [5.41, 5.74) is 6.06. The number of benzene rings is 2. The normalized spacial score (nSPS) is 14.5. The molecule has 2 amide bonds. The van der Waals surface area contributed by atoms with E-state index in [1.54, 1.807) is 6.07 Å². The molecule has 0 radical (unpaired) electrons. The number of hydrogen-bond acceptors (Lipinski definition) is 4. The van der Waals surface area contributed by atoms with Gasteiger partial charge in [-0.1, -0.05) is 24.3 Å². The average molecular weight is 381 g/mol. The summed E-state index contributed by atoms with van der Waals surface area (Å²) >= 11 is 1.23. The summed E-state index contributed by atoms with van der Waals surface area (Å²) in [7, 11) is 0. The van der Waals surface area contributed by atoms with Crippen LogP contribution in [-0.2, 0) is 9.59 Å². The third-order valence-electron chi connectivity index (χ3n) is 4.92. The Morgan fingerprint density at radius 3 is 2.07 bits per heavy atom. The highest BCUT2D eigenvalue weighted by atomic mass is 32.2. The second-order valence-corrected chi connectivity index (χ2v) is 7.89. The van der Waals surface area contributed by atoms with E-state index < -0.39 is 0 Å². The first kappa shape index (κ1) is 19.4. The summed E-state index contributed by atoms with van der Waals surface area (Å²) in [6, 6.07) is 11.4. The van der Waals surface area contributed by atoms with Gasteiger partial charge in [0.05, 0.1) is 22.8 Å². The second-order valence-electron chi connectivity index (χ2n) is 6.79. The first-order chi connectivity index (χ1) is 12.8. The predicted molar refractivity (Wildman–Crippen MR) is 111 cm³/mol. The van der Waals surface area contributed by atoms with E-state index in [2.05, 4.69) is 0 Å². The zero-order valence-corrected chi connectivity index (χ0v) is 16.8. The van der Waals surface area contributed by atoms with Crippen molar-refractivity contribution < 1.29 is 14.7 Å². The van der Waals surface area contributed by atoms with Crippen LogP contribution in [0.4, 0.5) is 5.69 Å². The van der Waals surface area contributed by atoms with Crippen LogP contribution in [0.1, 0.15) is 27.8 Å². The molecule has 27 heavy (non-hydrogen) atoms. The van der Waals surface area contributed by atoms with Gasteiger partial charge in [0, 0.05) is 5.75 Å². The summed E-state index contributed by atoms with van der Waals surface area (Å²) in [4.78, 5) is 28.0. The van der Waals surface area contributed by atoms with E-state index in [9.17, 15) is 14.7 Å². The fourth-order valence-corrected chi connectivity index (χ4v) is 3.90. The summed E-state index contributed by atoms with van der Waals surface area (Å²) in [6.07, 6.45) is 0. The molecule has 4 nitrogen and oxygen atoms in total. The van der Waals surface area contributed by atoms with Gasteiger partial charge in [0.2, 0.25) is 0 Å². The Kier molecular flexibility index (Phi) is 5.53. The van der Waals surface area contributed by atoms with Crippen molar-refractivity contribution in [3.8, 4) is 0 Å². The van der Waals surface area contributed by atoms with Crippen LogP contribution in [0.3, 0.4) is 0 Å². The van der Waals surface area contributed by atoms with Crippen molar-refractivity contribution in [3.63, 3.8) is 0 Å². The lowest BCUT2D eigenvalue weighted by Gasteiger charge is -2.16. The molecule has 1 aliphatic rings. The van der Waals surface area contributed by atoms with Crippen LogP contribution in [0.25, 0.3) is 5.57 Å². The zero-order valence-electron chi connectivity index (χ0n) is 16.0. The van der Waals surface area contributed by atoms with Gasteiger partial charge < -0.3 is 5.11 Å². The number of anilines is 1. The molecule has 5 heteroatoms. The van der Waals surface area contributed by atoms with E-state index in [0.717, 1.165) is 27.8 Å². The number of aryl methyl sites for hydroxylation is 4. The van der Waals surface area contributed by atoms with Gasteiger partial charge in [0.25, 0.3) is 11.8 Å². The summed E-state index contributed by atoms with van der Waals surface area (Å²) in [6.45, 7) is 7.90. The van der Waals surface area contributed by atoms with E-state index in [-0.39, 0.29) is 18.4 Å². The molecule has 140 valence electrons. The van der Waals surface area contributed by atoms with Gasteiger partial charge in [-0.05, 0) is 67.6 Å². The van der Waals surface area contributed by atoms with Crippen molar-refractivity contribution in [1.82, 2.24) is 0 Å². The molecule has 1 aliphatic heterocycles. The molecule has 1 heterocycles. The van der Waals surface area contributed by atoms with Crippen LogP contribution in [0.5, 0.6) is 0 Å². The highest BCUT2D eigenvalue weighted by molar-refractivity contribution is 8.04. The lowest BCUT2D eigenvalue weighted by atomic mass is 10.0. The summed E-state index contributed by atoms with van der Waals surface area (Å²) < 4.78 is 0. The minimum atomic E-state index is -0.324. The molecule has 0 atom stereocenters. The first-order valence-corrected chi connectivity index (χ1v) is 9.85. The summed E-state index contributed by atoms with van der Waals surface area (Å²) in [5, 5.41) is 9.21. The Labute approximate surface area is 163 Å². The third kappa shape index (κ3) is 3.57. The number of aliphatic hydroxyl groups is 1. The molecule has 2 aromatic carbocycles. The van der Waals surface area contributed by atoms with Crippen molar-refractivity contribution in [3.05, 3.63) is 69.1 Å². The number of amides is 2. The van der Waals surface area contributed by atoms with E-state index >= 15 is 0 Å². The van der Waals surface area contributed by atoms with Crippen molar-refractivity contribution in [1.29, 1.82) is 0 Å². The van der Waals surface area contributed by atoms with Gasteiger partial charge >= 0.3 is 0 Å². The number of carbonyl (C=O) groups is 2. The number of hydrogen-bond donors (Lipinski definition) is 1. The number of imide groups is 1. The van der Waals surface area contributed by atoms with Gasteiger partial charge in [-0.25, -0.2) is 4.90 Å². The van der Waals surface area contributed by atoms with Gasteiger partial charge in [-0.2, -0.15) is 0 Å². The van der Waals surface area contributed by atoms with Crippen molar-refractivity contribution in [2.75, 3.05) is 17.3 Å². The molecule has 0 aromatic heterocycles. The number of thioether (sulfide) groups is 1. The highest BCUT2D eigenvalue weighted by Gasteiger charge is 2.40. The van der Waals surface area contributed by atoms with Crippen LogP contribution >= 0.6 is 11.8 Å². The Morgan fingerprint density at radius 2 is 1.48 bits per heavy atom. The lowest BCUT2D eigenvalue weighted by molar-refractivity contribution is -0.119. The average Bonchev–Trinajstić information content (AvgIpc) is 2.88. The quantitative estimate of drug-likeness (QED) is 0.798. The second kappa shape index (κ2) is 7.71. The maximum atomic E-state index is 13.3. The van der Waals surface area contributed by atoms with E-state index in [4.69, 9.17) is 0 Å². The molecular formula is C22H23NO3S. The van der Waals surface area contributed by atoms with Crippen molar-refractivity contribution >= 4 is 34.8 Å². The summed E-state index contributed by atoms with van der Waals surface area (Å²) in [5.74, 6) is -0.273. The fraction of sp³-hybridized carbons (Fsp3) is 0.273. The standard InChI is InChI=1S/C22H23NO3S/c1-13-5-7-17(11-15(13)3)19-20(27-10-9-24)22(26)23(21(19)25)18-8-6-14(2)16(4)12-18/h5-8,11-12,24H,9-10H2,1-4H3. The monoisotopic (exact) mass is 381 g/mol. The van der Waals surface area contributed by atoms with Gasteiger partial charge in [0.1, 0.15) is 0 Å². The van der Waals surface area contributed by atoms with E-state index in [0.29, 0.717) is 21.9 Å². The molecule has 0 spiro atoms. The number of nitrogens with zero attached hydrogens (tertiary/aromatic N) is 1. The molecule has 0 fully saturated rings. The lowest BCUT2D eigenvalue weighted by Crippen LogP contribution is -2.31. The van der Waals surface area contributed by atoms with E-state index in [1.807, 2.05) is 58.0 Å². The molecule has 3 rings (SSSR count). The van der Waals surface area contributed by atoms with E-state index in [1.165, 1.54) is 16.7 Å². The van der Waals surface area contributed by atoms with Crippen LogP contribution in [0.2, 0.25) is 0 Å². The largest absolute Gasteiger partial charge is 0.396 e. The molecule has 0 saturated carbocycles. The topological polar surface area (TPSA) is 57.6 Å². The fourth-order valence-electron chi connectivity index (χ4n) is 3.04. The highest BCUT2D eigenvalue weighted by Crippen LogP contribution is 2.39. The Hall–Kier alpha value is -2.37. The number of carbonyl (C=O) groups excluding carboxylic acids is 2. The van der Waals surface area contributed by atoms with Gasteiger partial charge in [-0.3, -0.25) is 9.59 Å². The van der Waals surface area contributed by atoms with Gasteiger partial charge in [-0.15, -0.1) is 11.8 Å². The predicted octanol–water partition coefficient (Wildman–Crippen LogP) is 3.93. The van der Waals surface area contributed by atoms with Crippen molar-refractivity contribution in [2.24, 2.45) is 0 Å². The van der Waals surface area contributed by atoms with Crippen LogP contribution in [-0.4, -0.2) is 29.3 Å². The molecule has 2 aromatic rings. The van der Waals surface area contributed by atoms with Crippen molar-refractivity contribution in [2.45, 2.75) is 27.7 Å². The SMILES string of the molecule is Cc1ccc(C2=C(SCCO)C(=O)N(c3ccc(C)c(C)c3)C2=O)cc1C. The smallest absolute Gasteiger partial charge is 0.272 e. The minimum absolute atomic E-state index is 0.0561. The Morgan fingerprint density at radius 1 is 0.852 bits per heavy atom. The maximum Gasteiger partial charge on any atom is 0.272 e. The van der Waals surface area contributed by atoms with Gasteiger partial charge in [0.15, 0.2) is 0 Å². The Balaban J connectivity index is 2.10. The maximum absolute atomic E-state index is 13.3. The zero-order chi connectivity index (χ0) is 19.7. The minimum Gasteiger partial charge on any atom is -0.396 e. The number of aliphatic hydroxyl groups excluding tert-OH is 1. The molecule has 0 unspecified atom stereocenters. The Bertz CT molecular complexity index is 962. The van der Waals surface area contributed by atoms with Crippen LogP contribution < -0.4 is 4.90 Å². The van der Waals surface area contributed by atoms with Crippen LogP contribution in [0, 0.1) is 27.7 Å². The molecule has 0 bridgehead atoms. The number of rotatable bonds is 5. The van der Waals surface area contributed by atoms with Crippen LogP contribution in [0.15, 0.2) is 41.3 Å². The molecule has 0 aliphatic carbocycles.